The molecule has 3 rings (SSSR count). The SMILES string of the molecule is CC(O)c1cc(F)ccc1-c1ncccc1Cc1ccnn1C. The number of aryl methyl sites for hydroxylation is 1. The first-order valence-corrected chi connectivity index (χ1v) is 7.45. The van der Waals surface area contributed by atoms with Gasteiger partial charge in [-0.1, -0.05) is 6.07 Å². The first-order chi connectivity index (χ1) is 11.1. The highest BCUT2D eigenvalue weighted by atomic mass is 19.1. The number of nitrogens with zero attached hydrogens (tertiary/aromatic N) is 3. The van der Waals surface area contributed by atoms with Crippen LogP contribution in [0.5, 0.6) is 0 Å². The summed E-state index contributed by atoms with van der Waals surface area (Å²) >= 11 is 0. The molecule has 5 heteroatoms. The van der Waals surface area contributed by atoms with Crippen LogP contribution in [-0.4, -0.2) is 19.9 Å². The van der Waals surface area contributed by atoms with Crippen molar-refractivity contribution in [1.29, 1.82) is 0 Å². The molecule has 1 unspecified atom stereocenters. The van der Waals surface area contributed by atoms with Crippen LogP contribution in [0.4, 0.5) is 4.39 Å². The Morgan fingerprint density at radius 3 is 2.74 bits per heavy atom. The van der Waals surface area contributed by atoms with Crippen LogP contribution in [0.25, 0.3) is 11.3 Å². The van der Waals surface area contributed by atoms with Crippen molar-refractivity contribution in [1.82, 2.24) is 14.8 Å². The Hall–Kier alpha value is -2.53. The molecule has 0 fully saturated rings. The van der Waals surface area contributed by atoms with E-state index in [0.717, 1.165) is 22.5 Å². The summed E-state index contributed by atoms with van der Waals surface area (Å²) in [5, 5.41) is 14.2. The van der Waals surface area contributed by atoms with E-state index in [1.54, 1.807) is 25.4 Å². The van der Waals surface area contributed by atoms with E-state index in [1.807, 2.05) is 29.9 Å². The van der Waals surface area contributed by atoms with Crippen LogP contribution in [0.3, 0.4) is 0 Å². The third-order valence-electron chi connectivity index (χ3n) is 3.90. The average molecular weight is 311 g/mol. The third kappa shape index (κ3) is 3.14. The smallest absolute Gasteiger partial charge is 0.123 e. The molecule has 23 heavy (non-hydrogen) atoms. The molecular weight excluding hydrogens is 293 g/mol. The van der Waals surface area contributed by atoms with Gasteiger partial charge in [0.15, 0.2) is 0 Å². The number of benzene rings is 1. The van der Waals surface area contributed by atoms with Gasteiger partial charge in [-0.15, -0.1) is 0 Å². The van der Waals surface area contributed by atoms with Gasteiger partial charge < -0.3 is 5.11 Å². The van der Waals surface area contributed by atoms with Gasteiger partial charge in [-0.3, -0.25) is 9.67 Å². The monoisotopic (exact) mass is 311 g/mol. The highest BCUT2D eigenvalue weighted by Crippen LogP contribution is 2.30. The Morgan fingerprint density at radius 1 is 1.22 bits per heavy atom. The highest BCUT2D eigenvalue weighted by Gasteiger charge is 2.16. The second-order valence-corrected chi connectivity index (χ2v) is 5.54. The topological polar surface area (TPSA) is 50.9 Å². The summed E-state index contributed by atoms with van der Waals surface area (Å²) in [7, 11) is 1.89. The molecule has 1 atom stereocenters. The van der Waals surface area contributed by atoms with Crippen LogP contribution in [0, 0.1) is 5.82 Å². The van der Waals surface area contributed by atoms with Crippen molar-refractivity contribution < 1.29 is 9.50 Å². The molecule has 3 aromatic rings. The van der Waals surface area contributed by atoms with Crippen molar-refractivity contribution in [2.45, 2.75) is 19.4 Å². The second kappa shape index (κ2) is 6.30. The summed E-state index contributed by atoms with van der Waals surface area (Å²) in [6.45, 7) is 1.63. The molecule has 4 nitrogen and oxygen atoms in total. The van der Waals surface area contributed by atoms with Gasteiger partial charge in [-0.25, -0.2) is 4.39 Å². The molecule has 0 aliphatic rings. The van der Waals surface area contributed by atoms with Crippen molar-refractivity contribution in [2.24, 2.45) is 7.05 Å². The number of pyridine rings is 1. The van der Waals surface area contributed by atoms with Crippen LogP contribution in [-0.2, 0) is 13.5 Å². The zero-order valence-electron chi connectivity index (χ0n) is 13.1. The molecule has 2 heterocycles. The molecule has 0 aliphatic carbocycles. The lowest BCUT2D eigenvalue weighted by atomic mass is 9.95. The summed E-state index contributed by atoms with van der Waals surface area (Å²) in [5.74, 6) is -0.367. The summed E-state index contributed by atoms with van der Waals surface area (Å²) in [4.78, 5) is 4.47. The summed E-state index contributed by atoms with van der Waals surface area (Å²) in [6.07, 6.45) is 3.35. The van der Waals surface area contributed by atoms with Crippen molar-refractivity contribution in [2.75, 3.05) is 0 Å². The fraction of sp³-hybridized carbons (Fsp3) is 0.222. The number of rotatable bonds is 4. The van der Waals surface area contributed by atoms with Gasteiger partial charge in [-0.05, 0) is 48.4 Å². The van der Waals surface area contributed by atoms with E-state index in [4.69, 9.17) is 0 Å². The van der Waals surface area contributed by atoms with Gasteiger partial charge in [0.1, 0.15) is 5.82 Å². The maximum Gasteiger partial charge on any atom is 0.123 e. The summed E-state index contributed by atoms with van der Waals surface area (Å²) < 4.78 is 15.4. The maximum atomic E-state index is 13.5. The Bertz CT molecular complexity index is 827. The van der Waals surface area contributed by atoms with Crippen molar-refractivity contribution in [3.8, 4) is 11.3 Å². The van der Waals surface area contributed by atoms with E-state index >= 15 is 0 Å². The minimum Gasteiger partial charge on any atom is -0.389 e. The fourth-order valence-corrected chi connectivity index (χ4v) is 2.69. The van der Waals surface area contributed by atoms with Crippen LogP contribution in [0.15, 0.2) is 48.8 Å². The Balaban J connectivity index is 2.09. The molecule has 0 spiro atoms. The van der Waals surface area contributed by atoms with Crippen LogP contribution < -0.4 is 0 Å². The lowest BCUT2D eigenvalue weighted by molar-refractivity contribution is 0.199. The molecular formula is C18H18FN3O. The van der Waals surface area contributed by atoms with E-state index in [2.05, 4.69) is 10.1 Å². The van der Waals surface area contributed by atoms with Gasteiger partial charge in [0.05, 0.1) is 11.8 Å². The van der Waals surface area contributed by atoms with E-state index in [1.165, 1.54) is 12.1 Å². The molecule has 0 saturated carbocycles. The number of aliphatic hydroxyl groups is 1. The largest absolute Gasteiger partial charge is 0.389 e. The van der Waals surface area contributed by atoms with Gasteiger partial charge in [0, 0.05) is 37.1 Å². The molecule has 1 aromatic carbocycles. The minimum absolute atomic E-state index is 0.367. The standard InChI is InChI=1S/C18H18FN3O/c1-12(23)17-11-14(19)5-6-16(17)18-13(4-3-8-20-18)10-15-7-9-21-22(15)2/h3-9,11-12,23H,10H2,1-2H3. The molecule has 118 valence electrons. The number of aliphatic hydroxyl groups excluding tert-OH is 1. The van der Waals surface area contributed by atoms with Crippen LogP contribution in [0.1, 0.15) is 29.8 Å². The first kappa shape index (κ1) is 15.4. The zero-order chi connectivity index (χ0) is 16.4. The lowest BCUT2D eigenvalue weighted by Crippen LogP contribution is -2.03. The Kier molecular flexibility index (Phi) is 4.21. The maximum absolute atomic E-state index is 13.5. The van der Waals surface area contributed by atoms with Crippen LogP contribution >= 0.6 is 0 Å². The molecule has 0 amide bonds. The van der Waals surface area contributed by atoms with Gasteiger partial charge in [-0.2, -0.15) is 5.10 Å². The predicted octanol–water partition coefficient (Wildman–Crippen LogP) is 3.27. The molecule has 2 aromatic heterocycles. The number of hydrogen-bond donors (Lipinski definition) is 1. The van der Waals surface area contributed by atoms with E-state index in [-0.39, 0.29) is 5.82 Å². The molecule has 0 bridgehead atoms. The van der Waals surface area contributed by atoms with E-state index < -0.39 is 6.10 Å². The van der Waals surface area contributed by atoms with E-state index in [9.17, 15) is 9.50 Å². The second-order valence-electron chi connectivity index (χ2n) is 5.54. The quantitative estimate of drug-likeness (QED) is 0.804. The Morgan fingerprint density at radius 2 is 2.04 bits per heavy atom. The lowest BCUT2D eigenvalue weighted by Gasteiger charge is -2.15. The number of halogens is 1. The minimum atomic E-state index is -0.771. The van der Waals surface area contributed by atoms with Crippen molar-refractivity contribution in [3.05, 3.63) is 71.4 Å². The summed E-state index contributed by atoms with van der Waals surface area (Å²) in [6, 6.07) is 10.3. The van der Waals surface area contributed by atoms with Gasteiger partial charge >= 0.3 is 0 Å². The fourth-order valence-electron chi connectivity index (χ4n) is 2.69. The Labute approximate surface area is 134 Å². The van der Waals surface area contributed by atoms with E-state index in [0.29, 0.717) is 12.0 Å². The molecule has 0 radical (unpaired) electrons. The predicted molar refractivity (Wildman–Crippen MR) is 86.3 cm³/mol. The summed E-state index contributed by atoms with van der Waals surface area (Å²) in [5.41, 5.74) is 4.10. The normalized spacial score (nSPS) is 12.3. The number of hydrogen-bond acceptors (Lipinski definition) is 3. The average Bonchev–Trinajstić information content (AvgIpc) is 2.93. The third-order valence-corrected chi connectivity index (χ3v) is 3.90. The van der Waals surface area contributed by atoms with Crippen molar-refractivity contribution in [3.63, 3.8) is 0 Å². The molecule has 0 saturated heterocycles. The van der Waals surface area contributed by atoms with Crippen LogP contribution in [0.2, 0.25) is 0 Å². The van der Waals surface area contributed by atoms with Gasteiger partial charge in [0.25, 0.3) is 0 Å². The highest BCUT2D eigenvalue weighted by molar-refractivity contribution is 5.67. The first-order valence-electron chi connectivity index (χ1n) is 7.45. The molecule has 0 aliphatic heterocycles. The number of aromatic nitrogens is 3. The van der Waals surface area contributed by atoms with Gasteiger partial charge in [0.2, 0.25) is 0 Å². The molecule has 1 N–H and O–H groups in total. The van der Waals surface area contributed by atoms with Crippen molar-refractivity contribution >= 4 is 0 Å². The zero-order valence-corrected chi connectivity index (χ0v) is 13.1.